The standard InChI is InChI=1S/C20H19ClN2O3/c1-2-26-14-10-17-15-4-3-5-16(15)19(12-6-8-13(21)9-7-12)22-20(17)18(11-14)23(24)25/h3-4,6-11,15-16,19,22H,2,5H2,1H3/t15-,16-,19+/m0/s1. The van der Waals surface area contributed by atoms with Crippen LogP contribution in [0.25, 0.3) is 0 Å². The first-order valence-corrected chi connectivity index (χ1v) is 9.10. The van der Waals surface area contributed by atoms with Crippen LogP contribution < -0.4 is 10.1 Å². The molecule has 6 heteroatoms. The monoisotopic (exact) mass is 370 g/mol. The van der Waals surface area contributed by atoms with Gasteiger partial charge in [0, 0.05) is 10.9 Å². The third-order valence-corrected chi connectivity index (χ3v) is 5.41. The first-order valence-electron chi connectivity index (χ1n) is 8.72. The minimum atomic E-state index is -0.341. The Morgan fingerprint density at radius 2 is 2.08 bits per heavy atom. The van der Waals surface area contributed by atoms with Crippen LogP contribution in [-0.2, 0) is 0 Å². The van der Waals surface area contributed by atoms with Crippen LogP contribution in [0.5, 0.6) is 5.75 Å². The van der Waals surface area contributed by atoms with Crippen LogP contribution in [0.4, 0.5) is 11.4 Å². The number of nitro groups is 1. The molecule has 0 spiro atoms. The number of nitrogens with zero attached hydrogens (tertiary/aromatic N) is 1. The molecule has 2 aromatic carbocycles. The van der Waals surface area contributed by atoms with Gasteiger partial charge in [-0.2, -0.15) is 0 Å². The summed E-state index contributed by atoms with van der Waals surface area (Å²) in [4.78, 5) is 11.3. The van der Waals surface area contributed by atoms with Crippen molar-refractivity contribution < 1.29 is 9.66 Å². The van der Waals surface area contributed by atoms with Gasteiger partial charge in [0.25, 0.3) is 5.69 Å². The SMILES string of the molecule is CCOc1cc2c(c([N+](=O)[O-])c1)N[C@H](c1ccc(Cl)cc1)[C@H]1CC=C[C@H]21. The Morgan fingerprint density at radius 1 is 1.31 bits per heavy atom. The van der Waals surface area contributed by atoms with Crippen molar-refractivity contribution in [3.63, 3.8) is 0 Å². The lowest BCUT2D eigenvalue weighted by Crippen LogP contribution is -2.29. The maximum absolute atomic E-state index is 11.7. The van der Waals surface area contributed by atoms with Gasteiger partial charge in [0.15, 0.2) is 0 Å². The highest BCUT2D eigenvalue weighted by atomic mass is 35.5. The van der Waals surface area contributed by atoms with Gasteiger partial charge in [-0.05, 0) is 48.6 Å². The third kappa shape index (κ3) is 2.82. The summed E-state index contributed by atoms with van der Waals surface area (Å²) in [6.45, 7) is 2.35. The molecule has 2 aromatic rings. The zero-order valence-electron chi connectivity index (χ0n) is 14.3. The lowest BCUT2D eigenvalue weighted by Gasteiger charge is -2.37. The number of hydrogen-bond donors (Lipinski definition) is 1. The number of allylic oxidation sites excluding steroid dienone is 2. The van der Waals surface area contributed by atoms with Crippen LogP contribution in [0.1, 0.15) is 36.4 Å². The highest BCUT2D eigenvalue weighted by Crippen LogP contribution is 2.53. The van der Waals surface area contributed by atoms with Crippen molar-refractivity contribution in [3.05, 3.63) is 74.8 Å². The second-order valence-electron chi connectivity index (χ2n) is 6.62. The molecule has 3 atom stereocenters. The summed E-state index contributed by atoms with van der Waals surface area (Å²) in [5.41, 5.74) is 2.67. The van der Waals surface area contributed by atoms with E-state index >= 15 is 0 Å². The van der Waals surface area contributed by atoms with Crippen molar-refractivity contribution in [3.8, 4) is 5.75 Å². The largest absolute Gasteiger partial charge is 0.494 e. The van der Waals surface area contributed by atoms with E-state index in [1.165, 1.54) is 6.07 Å². The summed E-state index contributed by atoms with van der Waals surface area (Å²) in [5.74, 6) is 0.981. The first kappa shape index (κ1) is 16.9. The van der Waals surface area contributed by atoms with Crippen LogP contribution >= 0.6 is 11.6 Å². The molecule has 2 aliphatic rings. The second kappa shape index (κ2) is 6.65. The van der Waals surface area contributed by atoms with Gasteiger partial charge in [-0.3, -0.25) is 10.1 Å². The Bertz CT molecular complexity index is 879. The van der Waals surface area contributed by atoms with Crippen LogP contribution in [0.3, 0.4) is 0 Å². The number of rotatable bonds is 4. The third-order valence-electron chi connectivity index (χ3n) is 5.16. The van der Waals surface area contributed by atoms with Gasteiger partial charge >= 0.3 is 0 Å². The summed E-state index contributed by atoms with van der Waals surface area (Å²) in [5, 5.41) is 15.8. The number of hydrogen-bond acceptors (Lipinski definition) is 4. The van der Waals surface area contributed by atoms with E-state index < -0.39 is 0 Å². The fourth-order valence-electron chi connectivity index (χ4n) is 4.05. The highest BCUT2D eigenvalue weighted by molar-refractivity contribution is 6.30. The van der Waals surface area contributed by atoms with Gasteiger partial charge in [-0.15, -0.1) is 0 Å². The molecule has 4 rings (SSSR count). The molecule has 134 valence electrons. The van der Waals surface area contributed by atoms with Crippen molar-refractivity contribution in [2.45, 2.75) is 25.3 Å². The van der Waals surface area contributed by atoms with E-state index in [1.807, 2.05) is 37.3 Å². The smallest absolute Gasteiger partial charge is 0.296 e. The fourth-order valence-corrected chi connectivity index (χ4v) is 4.17. The van der Waals surface area contributed by atoms with Gasteiger partial charge < -0.3 is 10.1 Å². The van der Waals surface area contributed by atoms with E-state index in [1.54, 1.807) is 0 Å². The molecule has 1 aliphatic heterocycles. The molecule has 26 heavy (non-hydrogen) atoms. The molecule has 0 bridgehead atoms. The first-order chi connectivity index (χ1) is 12.6. The maximum Gasteiger partial charge on any atom is 0.296 e. The zero-order chi connectivity index (χ0) is 18.3. The number of fused-ring (bicyclic) bond motifs is 3. The van der Waals surface area contributed by atoms with E-state index in [0.29, 0.717) is 29.0 Å². The molecular weight excluding hydrogens is 352 g/mol. The normalized spacial score (nSPS) is 23.1. The minimum Gasteiger partial charge on any atom is -0.494 e. The number of ether oxygens (including phenoxy) is 1. The van der Waals surface area contributed by atoms with Gasteiger partial charge in [0.05, 0.1) is 23.6 Å². The molecule has 1 heterocycles. The molecule has 0 amide bonds. The van der Waals surface area contributed by atoms with E-state index in [4.69, 9.17) is 16.3 Å². The Hall–Kier alpha value is -2.53. The Balaban J connectivity index is 1.83. The minimum absolute atomic E-state index is 0.00332. The summed E-state index contributed by atoms with van der Waals surface area (Å²) < 4.78 is 5.56. The summed E-state index contributed by atoms with van der Waals surface area (Å²) in [7, 11) is 0. The lowest BCUT2D eigenvalue weighted by molar-refractivity contribution is -0.384. The topological polar surface area (TPSA) is 64.4 Å². The highest BCUT2D eigenvalue weighted by Gasteiger charge is 2.41. The molecule has 0 radical (unpaired) electrons. The van der Waals surface area contributed by atoms with Gasteiger partial charge in [0.1, 0.15) is 11.4 Å². The summed E-state index contributed by atoms with van der Waals surface area (Å²) in [6.07, 6.45) is 5.25. The van der Waals surface area contributed by atoms with Crippen molar-refractivity contribution in [2.24, 2.45) is 5.92 Å². The maximum atomic E-state index is 11.7. The molecule has 0 saturated heterocycles. The predicted molar refractivity (Wildman–Crippen MR) is 102 cm³/mol. The number of halogens is 1. The quantitative estimate of drug-likeness (QED) is 0.440. The molecule has 0 fully saturated rings. The number of nitro benzene ring substituents is 1. The molecule has 0 unspecified atom stereocenters. The van der Waals surface area contributed by atoms with Crippen molar-refractivity contribution in [1.82, 2.24) is 0 Å². The van der Waals surface area contributed by atoms with Gasteiger partial charge in [0.2, 0.25) is 0 Å². The average molecular weight is 371 g/mol. The Labute approximate surface area is 156 Å². The van der Waals surface area contributed by atoms with Crippen LogP contribution in [0.2, 0.25) is 5.02 Å². The molecule has 5 nitrogen and oxygen atoms in total. The van der Waals surface area contributed by atoms with E-state index in [2.05, 4.69) is 17.5 Å². The second-order valence-corrected chi connectivity index (χ2v) is 7.06. The zero-order valence-corrected chi connectivity index (χ0v) is 15.1. The van der Waals surface area contributed by atoms with Crippen LogP contribution in [0, 0.1) is 16.0 Å². The van der Waals surface area contributed by atoms with Crippen molar-refractivity contribution in [2.75, 3.05) is 11.9 Å². The fraction of sp³-hybridized carbons (Fsp3) is 0.300. The molecule has 0 saturated carbocycles. The van der Waals surface area contributed by atoms with Crippen molar-refractivity contribution >= 4 is 23.0 Å². The summed E-state index contributed by atoms with van der Waals surface area (Å²) in [6, 6.07) is 11.1. The van der Waals surface area contributed by atoms with E-state index in [9.17, 15) is 10.1 Å². The molecular formula is C20H19ClN2O3. The average Bonchev–Trinajstić information content (AvgIpc) is 3.11. The molecule has 0 aromatic heterocycles. The molecule has 1 N–H and O–H groups in total. The van der Waals surface area contributed by atoms with Crippen LogP contribution in [-0.4, -0.2) is 11.5 Å². The van der Waals surface area contributed by atoms with Gasteiger partial charge in [-0.25, -0.2) is 0 Å². The number of anilines is 1. The summed E-state index contributed by atoms with van der Waals surface area (Å²) >= 11 is 6.02. The number of benzene rings is 2. The Kier molecular flexibility index (Phi) is 4.32. The predicted octanol–water partition coefficient (Wildman–Crippen LogP) is 5.47. The van der Waals surface area contributed by atoms with E-state index in [0.717, 1.165) is 17.5 Å². The number of nitrogens with one attached hydrogen (secondary N) is 1. The Morgan fingerprint density at radius 3 is 2.77 bits per heavy atom. The van der Waals surface area contributed by atoms with E-state index in [-0.39, 0.29) is 22.6 Å². The van der Waals surface area contributed by atoms with Gasteiger partial charge in [-0.1, -0.05) is 35.9 Å². The van der Waals surface area contributed by atoms with Crippen molar-refractivity contribution in [1.29, 1.82) is 0 Å². The van der Waals surface area contributed by atoms with Crippen LogP contribution in [0.15, 0.2) is 48.6 Å². The molecule has 1 aliphatic carbocycles. The lowest BCUT2D eigenvalue weighted by atomic mass is 9.76.